The van der Waals surface area contributed by atoms with Gasteiger partial charge in [-0.15, -0.1) is 0 Å². The Bertz CT molecular complexity index is 674. The number of hydrazine groups is 1. The van der Waals surface area contributed by atoms with Gasteiger partial charge in [-0.2, -0.15) is 0 Å². The Balaban J connectivity index is 1.60. The normalized spacial score (nSPS) is 9.88. The van der Waals surface area contributed by atoms with Crippen LogP contribution in [0.3, 0.4) is 0 Å². The molecule has 126 valence electrons. The number of carbonyl (C=O) groups excluding carboxylic acids is 2. The lowest BCUT2D eigenvalue weighted by Crippen LogP contribution is -2.44. The lowest BCUT2D eigenvalue weighted by Gasteiger charge is -2.09. The Morgan fingerprint density at radius 2 is 1.58 bits per heavy atom. The second-order valence-corrected chi connectivity index (χ2v) is 5.11. The fourth-order valence-corrected chi connectivity index (χ4v) is 1.87. The van der Waals surface area contributed by atoms with Crippen LogP contribution in [0.2, 0.25) is 0 Å². The van der Waals surface area contributed by atoms with Gasteiger partial charge in [-0.05, 0) is 36.8 Å². The van der Waals surface area contributed by atoms with Crippen molar-refractivity contribution in [2.75, 3.05) is 13.2 Å². The minimum absolute atomic E-state index is 0.133. The Morgan fingerprint density at radius 1 is 0.875 bits per heavy atom. The number of hydrogen-bond donors (Lipinski definition) is 2. The first-order valence-corrected chi connectivity index (χ1v) is 7.58. The van der Waals surface area contributed by atoms with E-state index in [1.54, 1.807) is 6.07 Å². The Kier molecular flexibility index (Phi) is 6.64. The highest BCUT2D eigenvalue weighted by Gasteiger charge is 2.06. The molecule has 6 nitrogen and oxygen atoms in total. The number of rotatable bonds is 7. The third kappa shape index (κ3) is 6.39. The molecule has 2 aromatic rings. The van der Waals surface area contributed by atoms with Crippen LogP contribution in [0.15, 0.2) is 54.6 Å². The molecule has 0 heterocycles. The van der Waals surface area contributed by atoms with E-state index >= 15 is 0 Å². The molecule has 0 atom stereocenters. The molecule has 0 aliphatic heterocycles. The molecule has 2 aromatic carbocycles. The van der Waals surface area contributed by atoms with Crippen molar-refractivity contribution in [2.45, 2.75) is 13.3 Å². The van der Waals surface area contributed by atoms with Gasteiger partial charge >= 0.3 is 0 Å². The third-order valence-corrected chi connectivity index (χ3v) is 3.04. The molecule has 0 radical (unpaired) electrons. The maximum atomic E-state index is 11.6. The minimum atomic E-state index is -0.436. The summed E-state index contributed by atoms with van der Waals surface area (Å²) in [5.41, 5.74) is 5.66. The van der Waals surface area contributed by atoms with Crippen molar-refractivity contribution >= 4 is 11.8 Å². The third-order valence-electron chi connectivity index (χ3n) is 3.04. The lowest BCUT2D eigenvalue weighted by atomic mass is 10.2. The molecule has 0 spiro atoms. The summed E-state index contributed by atoms with van der Waals surface area (Å²) in [5.74, 6) is 0.525. The van der Waals surface area contributed by atoms with Gasteiger partial charge in [0.15, 0.2) is 6.61 Å². The van der Waals surface area contributed by atoms with Crippen LogP contribution in [0.5, 0.6) is 11.5 Å². The molecular formula is C18H20N2O4. The molecule has 0 bridgehead atoms. The molecular weight excluding hydrogens is 308 g/mol. The monoisotopic (exact) mass is 328 g/mol. The van der Waals surface area contributed by atoms with Crippen LogP contribution in [-0.2, 0) is 9.59 Å². The summed E-state index contributed by atoms with van der Waals surface area (Å²) in [6.07, 6.45) is 0.133. The highest BCUT2D eigenvalue weighted by atomic mass is 16.5. The van der Waals surface area contributed by atoms with E-state index in [9.17, 15) is 9.59 Å². The standard InChI is InChI=1S/C18H20N2O4/c1-14-6-5-9-16(12-14)24-13-18(22)20-19-17(21)10-11-23-15-7-3-2-4-8-15/h2-9,12H,10-11,13H2,1H3,(H,19,21)(H,20,22). The first-order valence-electron chi connectivity index (χ1n) is 7.58. The van der Waals surface area contributed by atoms with Gasteiger partial charge in [0.25, 0.3) is 5.91 Å². The fraction of sp³-hybridized carbons (Fsp3) is 0.222. The highest BCUT2D eigenvalue weighted by Crippen LogP contribution is 2.11. The number of carbonyl (C=O) groups is 2. The van der Waals surface area contributed by atoms with Crippen LogP contribution in [-0.4, -0.2) is 25.0 Å². The minimum Gasteiger partial charge on any atom is -0.493 e. The molecule has 0 aliphatic carbocycles. The lowest BCUT2D eigenvalue weighted by molar-refractivity contribution is -0.130. The SMILES string of the molecule is Cc1cccc(OCC(=O)NNC(=O)CCOc2ccccc2)c1. The van der Waals surface area contributed by atoms with Gasteiger partial charge in [-0.25, -0.2) is 0 Å². The molecule has 24 heavy (non-hydrogen) atoms. The molecule has 2 amide bonds. The van der Waals surface area contributed by atoms with Crippen molar-refractivity contribution in [2.24, 2.45) is 0 Å². The van der Waals surface area contributed by atoms with Crippen molar-refractivity contribution in [3.8, 4) is 11.5 Å². The van der Waals surface area contributed by atoms with Gasteiger partial charge in [0.1, 0.15) is 11.5 Å². The summed E-state index contributed by atoms with van der Waals surface area (Å²) >= 11 is 0. The summed E-state index contributed by atoms with van der Waals surface area (Å²) in [4.78, 5) is 23.2. The van der Waals surface area contributed by atoms with Gasteiger partial charge in [0.2, 0.25) is 5.91 Å². The van der Waals surface area contributed by atoms with E-state index in [1.165, 1.54) is 0 Å². The van der Waals surface area contributed by atoms with Crippen molar-refractivity contribution in [1.29, 1.82) is 0 Å². The fourth-order valence-electron chi connectivity index (χ4n) is 1.87. The van der Waals surface area contributed by atoms with Gasteiger partial charge in [-0.3, -0.25) is 20.4 Å². The summed E-state index contributed by atoms with van der Waals surface area (Å²) in [6, 6.07) is 16.6. The molecule has 6 heteroatoms. The predicted octanol–water partition coefficient (Wildman–Crippen LogP) is 1.99. The summed E-state index contributed by atoms with van der Waals surface area (Å²) in [5, 5.41) is 0. The molecule has 2 rings (SSSR count). The van der Waals surface area contributed by atoms with Crippen LogP contribution in [0.4, 0.5) is 0 Å². The molecule has 0 saturated heterocycles. The Hall–Kier alpha value is -3.02. The summed E-state index contributed by atoms with van der Waals surface area (Å²) < 4.78 is 10.7. The second kappa shape index (κ2) is 9.19. The topological polar surface area (TPSA) is 76.7 Å². The zero-order valence-electron chi connectivity index (χ0n) is 13.5. The summed E-state index contributed by atoms with van der Waals surface area (Å²) in [7, 11) is 0. The van der Waals surface area contributed by atoms with Gasteiger partial charge in [0, 0.05) is 0 Å². The number of para-hydroxylation sites is 1. The predicted molar refractivity (Wildman–Crippen MR) is 89.5 cm³/mol. The number of nitrogens with one attached hydrogen (secondary N) is 2. The van der Waals surface area contributed by atoms with Gasteiger partial charge in [0.05, 0.1) is 13.0 Å². The number of hydrogen-bond acceptors (Lipinski definition) is 4. The second-order valence-electron chi connectivity index (χ2n) is 5.11. The number of benzene rings is 2. The molecule has 0 saturated carbocycles. The van der Waals surface area contributed by atoms with Crippen LogP contribution >= 0.6 is 0 Å². The van der Waals surface area contributed by atoms with Crippen molar-refractivity contribution in [1.82, 2.24) is 10.9 Å². The quantitative estimate of drug-likeness (QED) is 0.762. The van der Waals surface area contributed by atoms with E-state index in [4.69, 9.17) is 9.47 Å². The molecule has 0 fully saturated rings. The van der Waals surface area contributed by atoms with E-state index in [0.717, 1.165) is 5.56 Å². The van der Waals surface area contributed by atoms with Crippen molar-refractivity contribution in [3.63, 3.8) is 0 Å². The Morgan fingerprint density at radius 3 is 2.33 bits per heavy atom. The van der Waals surface area contributed by atoms with Gasteiger partial charge < -0.3 is 9.47 Å². The summed E-state index contributed by atoms with van der Waals surface area (Å²) in [6.45, 7) is 1.99. The number of aryl methyl sites for hydroxylation is 1. The number of ether oxygens (including phenoxy) is 2. The van der Waals surface area contributed by atoms with Crippen LogP contribution in [0.25, 0.3) is 0 Å². The highest BCUT2D eigenvalue weighted by molar-refractivity contribution is 5.82. The molecule has 0 unspecified atom stereocenters. The number of amides is 2. The molecule has 0 aromatic heterocycles. The maximum Gasteiger partial charge on any atom is 0.276 e. The zero-order valence-corrected chi connectivity index (χ0v) is 13.5. The zero-order chi connectivity index (χ0) is 17.2. The average Bonchev–Trinajstić information content (AvgIpc) is 2.59. The first kappa shape index (κ1) is 17.3. The van der Waals surface area contributed by atoms with E-state index in [-0.39, 0.29) is 25.5 Å². The maximum absolute atomic E-state index is 11.6. The van der Waals surface area contributed by atoms with Crippen LogP contribution in [0.1, 0.15) is 12.0 Å². The average molecular weight is 328 g/mol. The molecule has 2 N–H and O–H groups in total. The van der Waals surface area contributed by atoms with Crippen LogP contribution in [0, 0.1) is 6.92 Å². The van der Waals surface area contributed by atoms with E-state index < -0.39 is 5.91 Å². The van der Waals surface area contributed by atoms with E-state index in [1.807, 2.05) is 55.5 Å². The van der Waals surface area contributed by atoms with Crippen molar-refractivity contribution in [3.05, 3.63) is 60.2 Å². The van der Waals surface area contributed by atoms with Crippen LogP contribution < -0.4 is 20.3 Å². The smallest absolute Gasteiger partial charge is 0.276 e. The van der Waals surface area contributed by atoms with E-state index in [2.05, 4.69) is 10.9 Å². The Labute approximate surface area is 140 Å². The van der Waals surface area contributed by atoms with Crippen molar-refractivity contribution < 1.29 is 19.1 Å². The first-order chi connectivity index (χ1) is 11.6. The van der Waals surface area contributed by atoms with Gasteiger partial charge in [-0.1, -0.05) is 30.3 Å². The molecule has 0 aliphatic rings. The van der Waals surface area contributed by atoms with E-state index in [0.29, 0.717) is 11.5 Å². The largest absolute Gasteiger partial charge is 0.493 e.